The van der Waals surface area contributed by atoms with E-state index in [1.165, 1.54) is 18.4 Å². The normalized spacial score (nSPS) is 18.3. The van der Waals surface area contributed by atoms with Gasteiger partial charge in [-0.1, -0.05) is 49.6 Å². The Labute approximate surface area is 173 Å². The van der Waals surface area contributed by atoms with Gasteiger partial charge in [0.25, 0.3) is 5.91 Å². The highest BCUT2D eigenvalue weighted by Gasteiger charge is 2.34. The van der Waals surface area contributed by atoms with Crippen LogP contribution in [0.15, 0.2) is 48.5 Å². The zero-order valence-electron chi connectivity index (χ0n) is 17.5. The van der Waals surface area contributed by atoms with Gasteiger partial charge in [0, 0.05) is 23.6 Å². The molecule has 0 spiro atoms. The van der Waals surface area contributed by atoms with Crippen molar-refractivity contribution in [2.75, 3.05) is 19.8 Å². The van der Waals surface area contributed by atoms with E-state index in [4.69, 9.17) is 9.47 Å². The summed E-state index contributed by atoms with van der Waals surface area (Å²) in [5, 5.41) is 0. The molecule has 1 amide bonds. The van der Waals surface area contributed by atoms with Crippen molar-refractivity contribution in [3.63, 3.8) is 0 Å². The van der Waals surface area contributed by atoms with Crippen LogP contribution in [0, 0.1) is 12.3 Å². The molecule has 1 saturated heterocycles. The Morgan fingerprint density at radius 1 is 1.14 bits per heavy atom. The van der Waals surface area contributed by atoms with Crippen LogP contribution < -0.4 is 4.74 Å². The summed E-state index contributed by atoms with van der Waals surface area (Å²) in [6, 6.07) is 16.4. The van der Waals surface area contributed by atoms with Crippen LogP contribution in [0.4, 0.5) is 0 Å². The number of carbonyl (C=O) groups excluding carboxylic acids is 1. The number of carbonyl (C=O) groups is 1. The molecule has 0 atom stereocenters. The fourth-order valence-corrected chi connectivity index (χ4v) is 4.17. The van der Waals surface area contributed by atoms with Crippen LogP contribution in [-0.2, 0) is 11.3 Å². The Bertz CT molecular complexity index is 835. The lowest BCUT2D eigenvalue weighted by atomic mass is 9.90. The van der Waals surface area contributed by atoms with Gasteiger partial charge in [0.2, 0.25) is 0 Å². The maximum absolute atomic E-state index is 13.3. The molecule has 1 aliphatic carbocycles. The smallest absolute Gasteiger partial charge is 0.254 e. The number of rotatable bonds is 7. The van der Waals surface area contributed by atoms with Gasteiger partial charge in [0.15, 0.2) is 0 Å². The van der Waals surface area contributed by atoms with Crippen molar-refractivity contribution in [2.24, 2.45) is 5.41 Å². The van der Waals surface area contributed by atoms with Gasteiger partial charge in [-0.05, 0) is 49.6 Å². The molecular formula is C25H31NO3. The number of hydrogen-bond donors (Lipinski definition) is 0. The average molecular weight is 394 g/mol. The molecule has 29 heavy (non-hydrogen) atoms. The monoisotopic (exact) mass is 393 g/mol. The highest BCUT2D eigenvalue weighted by Crippen LogP contribution is 2.29. The first-order valence-electron chi connectivity index (χ1n) is 10.7. The van der Waals surface area contributed by atoms with Crippen LogP contribution in [0.2, 0.25) is 0 Å². The van der Waals surface area contributed by atoms with Gasteiger partial charge in [0.1, 0.15) is 5.75 Å². The molecule has 1 aliphatic heterocycles. The van der Waals surface area contributed by atoms with Crippen molar-refractivity contribution in [1.82, 2.24) is 4.90 Å². The maximum Gasteiger partial charge on any atom is 0.254 e. The van der Waals surface area contributed by atoms with Gasteiger partial charge < -0.3 is 14.4 Å². The molecule has 1 saturated carbocycles. The molecule has 2 aromatic rings. The summed E-state index contributed by atoms with van der Waals surface area (Å²) in [4.78, 5) is 15.4. The molecule has 0 N–H and O–H groups in total. The number of ether oxygens (including phenoxy) is 2. The van der Waals surface area contributed by atoms with Gasteiger partial charge in [-0.3, -0.25) is 4.79 Å². The largest absolute Gasteiger partial charge is 0.493 e. The first-order valence-corrected chi connectivity index (χ1v) is 10.7. The molecule has 154 valence electrons. The summed E-state index contributed by atoms with van der Waals surface area (Å²) in [5.41, 5.74) is 3.18. The highest BCUT2D eigenvalue weighted by atomic mass is 16.5. The van der Waals surface area contributed by atoms with E-state index in [1.54, 1.807) is 0 Å². The highest BCUT2D eigenvalue weighted by molar-refractivity contribution is 5.94. The lowest BCUT2D eigenvalue weighted by Gasteiger charge is -2.37. The Balaban J connectivity index is 1.49. The van der Waals surface area contributed by atoms with Crippen molar-refractivity contribution in [1.29, 1.82) is 0 Å². The first kappa shape index (κ1) is 20.0. The second-order valence-corrected chi connectivity index (χ2v) is 8.98. The quantitative estimate of drug-likeness (QED) is 0.665. The van der Waals surface area contributed by atoms with E-state index in [-0.39, 0.29) is 11.3 Å². The molecule has 2 aliphatic rings. The number of aryl methyl sites for hydroxylation is 1. The summed E-state index contributed by atoms with van der Waals surface area (Å²) in [5.74, 6) is 0.993. The number of hydrogen-bond acceptors (Lipinski definition) is 3. The van der Waals surface area contributed by atoms with Crippen molar-refractivity contribution in [3.05, 3.63) is 65.2 Å². The van der Waals surface area contributed by atoms with Gasteiger partial charge in [-0.25, -0.2) is 0 Å². The van der Waals surface area contributed by atoms with Crippen LogP contribution in [0.3, 0.4) is 0 Å². The zero-order valence-corrected chi connectivity index (χ0v) is 17.5. The molecule has 0 radical (unpaired) electrons. The van der Waals surface area contributed by atoms with E-state index in [0.29, 0.717) is 19.2 Å². The Kier molecular flexibility index (Phi) is 5.91. The molecule has 1 heterocycles. The molecule has 4 nitrogen and oxygen atoms in total. The van der Waals surface area contributed by atoms with Gasteiger partial charge in [-0.2, -0.15) is 0 Å². The van der Waals surface area contributed by atoms with Crippen LogP contribution in [0.25, 0.3) is 0 Å². The van der Waals surface area contributed by atoms with Crippen molar-refractivity contribution >= 4 is 5.91 Å². The molecule has 4 heteroatoms. The van der Waals surface area contributed by atoms with E-state index in [2.05, 4.69) is 24.0 Å². The van der Waals surface area contributed by atoms with Crippen LogP contribution in [0.1, 0.15) is 54.1 Å². The van der Waals surface area contributed by atoms with Gasteiger partial charge >= 0.3 is 0 Å². The Morgan fingerprint density at radius 3 is 2.52 bits per heavy atom. The standard InChI is InChI=1S/C25H31NO3/c1-19-10-12-21(13-11-19)24(27)26(22-7-3-4-8-22)15-20-6-5-9-23(14-20)29-18-25(2)16-28-17-25/h5-6,9-14,22H,3-4,7-8,15-18H2,1-2H3. The van der Waals surface area contributed by atoms with E-state index in [1.807, 2.05) is 43.3 Å². The van der Waals surface area contributed by atoms with E-state index in [0.717, 1.165) is 42.9 Å². The predicted octanol–water partition coefficient (Wildman–Crippen LogP) is 5.00. The third kappa shape index (κ3) is 4.81. The average Bonchev–Trinajstić information content (AvgIpc) is 3.24. The van der Waals surface area contributed by atoms with Crippen LogP contribution in [-0.4, -0.2) is 36.7 Å². The molecule has 2 fully saturated rings. The fourth-order valence-electron chi connectivity index (χ4n) is 4.17. The van der Waals surface area contributed by atoms with Gasteiger partial charge in [-0.15, -0.1) is 0 Å². The lowest BCUT2D eigenvalue weighted by Crippen LogP contribution is -2.44. The minimum atomic E-state index is 0.118. The van der Waals surface area contributed by atoms with Gasteiger partial charge in [0.05, 0.1) is 19.8 Å². The minimum absolute atomic E-state index is 0.118. The molecular weight excluding hydrogens is 362 g/mol. The second-order valence-electron chi connectivity index (χ2n) is 8.98. The molecule has 0 aromatic heterocycles. The third-order valence-electron chi connectivity index (χ3n) is 6.06. The molecule has 0 bridgehead atoms. The van der Waals surface area contributed by atoms with Crippen LogP contribution in [0.5, 0.6) is 5.75 Å². The van der Waals surface area contributed by atoms with Crippen LogP contribution >= 0.6 is 0 Å². The molecule has 0 unspecified atom stereocenters. The fraction of sp³-hybridized carbons (Fsp3) is 0.480. The van der Waals surface area contributed by atoms with Crippen molar-refractivity contribution in [2.45, 2.75) is 52.1 Å². The van der Waals surface area contributed by atoms with E-state index >= 15 is 0 Å². The molecule has 4 rings (SSSR count). The summed E-state index contributed by atoms with van der Waals surface area (Å²) >= 11 is 0. The van der Waals surface area contributed by atoms with Crippen molar-refractivity contribution in [3.8, 4) is 5.75 Å². The topological polar surface area (TPSA) is 38.8 Å². The first-order chi connectivity index (χ1) is 14.0. The summed E-state index contributed by atoms with van der Waals surface area (Å²) < 4.78 is 11.3. The maximum atomic E-state index is 13.3. The number of amides is 1. The third-order valence-corrected chi connectivity index (χ3v) is 6.06. The summed E-state index contributed by atoms with van der Waals surface area (Å²) in [6.07, 6.45) is 4.58. The molecule has 2 aromatic carbocycles. The number of benzene rings is 2. The zero-order chi connectivity index (χ0) is 20.3. The minimum Gasteiger partial charge on any atom is -0.493 e. The lowest BCUT2D eigenvalue weighted by molar-refractivity contribution is -0.120. The predicted molar refractivity (Wildman–Crippen MR) is 114 cm³/mol. The van der Waals surface area contributed by atoms with E-state index in [9.17, 15) is 4.79 Å². The summed E-state index contributed by atoms with van der Waals surface area (Å²) in [7, 11) is 0. The van der Waals surface area contributed by atoms with Crippen molar-refractivity contribution < 1.29 is 14.3 Å². The van der Waals surface area contributed by atoms with E-state index < -0.39 is 0 Å². The number of nitrogens with zero attached hydrogens (tertiary/aromatic N) is 1. The second kappa shape index (κ2) is 8.58. The Morgan fingerprint density at radius 2 is 1.86 bits per heavy atom. The SMILES string of the molecule is Cc1ccc(C(=O)N(Cc2cccc(OCC3(C)COC3)c2)C2CCCC2)cc1. The summed E-state index contributed by atoms with van der Waals surface area (Å²) in [6.45, 7) is 7.02. The Hall–Kier alpha value is -2.33.